The van der Waals surface area contributed by atoms with Gasteiger partial charge in [-0.3, -0.25) is 0 Å². The molecule has 0 amide bonds. The first-order chi connectivity index (χ1) is 9.08. The molecule has 0 radical (unpaired) electrons. The minimum Gasteiger partial charge on any atom is -0.387 e. The first-order valence-corrected chi connectivity index (χ1v) is 7.70. The molecule has 0 heterocycles. The summed E-state index contributed by atoms with van der Waals surface area (Å²) >= 11 is 12.4. The zero-order valence-electron chi connectivity index (χ0n) is 11.3. The van der Waals surface area contributed by atoms with Crippen molar-refractivity contribution >= 4 is 23.2 Å². The van der Waals surface area contributed by atoms with Gasteiger partial charge in [0.05, 0.1) is 6.10 Å². The van der Waals surface area contributed by atoms with Gasteiger partial charge in [-0.2, -0.15) is 0 Å². The second kappa shape index (κ2) is 6.94. The Bertz CT molecular complexity index is 407. The number of halogens is 2. The Morgan fingerprint density at radius 3 is 2.37 bits per heavy atom. The largest absolute Gasteiger partial charge is 0.387 e. The van der Waals surface area contributed by atoms with Crippen molar-refractivity contribution < 1.29 is 5.11 Å². The maximum Gasteiger partial charge on any atom is 0.0943 e. The fourth-order valence-corrected chi connectivity index (χ4v) is 3.56. The van der Waals surface area contributed by atoms with E-state index in [0.717, 1.165) is 5.56 Å². The van der Waals surface area contributed by atoms with Crippen LogP contribution in [-0.4, -0.2) is 17.7 Å². The molecular weight excluding hydrogens is 281 g/mol. The van der Waals surface area contributed by atoms with E-state index in [2.05, 4.69) is 5.32 Å². The molecule has 1 aliphatic carbocycles. The van der Waals surface area contributed by atoms with E-state index in [1.165, 1.54) is 32.1 Å². The molecule has 2 N–H and O–H groups in total. The van der Waals surface area contributed by atoms with E-state index in [-0.39, 0.29) is 0 Å². The highest BCUT2D eigenvalue weighted by molar-refractivity contribution is 6.36. The number of hydrogen-bond acceptors (Lipinski definition) is 2. The fourth-order valence-electron chi connectivity index (χ4n) is 2.72. The maximum absolute atomic E-state index is 10.3. The van der Waals surface area contributed by atoms with Gasteiger partial charge >= 0.3 is 0 Å². The Balaban J connectivity index is 1.97. The van der Waals surface area contributed by atoms with Crippen LogP contribution in [-0.2, 0) is 0 Å². The topological polar surface area (TPSA) is 32.3 Å². The normalized spacial score (nSPS) is 18.5. The molecule has 2 nitrogen and oxygen atoms in total. The molecule has 0 bridgehead atoms. The lowest BCUT2D eigenvalue weighted by Gasteiger charge is -2.25. The quantitative estimate of drug-likeness (QED) is 0.871. The van der Waals surface area contributed by atoms with E-state index < -0.39 is 6.10 Å². The van der Waals surface area contributed by atoms with E-state index in [4.69, 9.17) is 23.2 Å². The summed E-state index contributed by atoms with van der Waals surface area (Å²) < 4.78 is 0. The summed E-state index contributed by atoms with van der Waals surface area (Å²) in [5.41, 5.74) is 1.64. The first-order valence-electron chi connectivity index (χ1n) is 6.95. The average Bonchev–Trinajstić information content (AvgIpc) is 2.36. The molecule has 1 aromatic rings. The van der Waals surface area contributed by atoms with Crippen molar-refractivity contribution in [2.24, 2.45) is 0 Å². The van der Waals surface area contributed by atoms with Gasteiger partial charge in [0.15, 0.2) is 0 Å². The molecule has 19 heavy (non-hydrogen) atoms. The Hall–Kier alpha value is -0.280. The second-order valence-electron chi connectivity index (χ2n) is 5.40. The predicted molar refractivity (Wildman–Crippen MR) is 81.0 cm³/mol. The number of aliphatic hydroxyl groups is 1. The molecular formula is C15H21Cl2NO. The van der Waals surface area contributed by atoms with Crippen LogP contribution in [0.2, 0.25) is 10.0 Å². The van der Waals surface area contributed by atoms with Gasteiger partial charge < -0.3 is 10.4 Å². The van der Waals surface area contributed by atoms with Gasteiger partial charge in [0.1, 0.15) is 0 Å². The standard InChI is InChI=1S/C15H21Cl2NO/c1-10-7-12(16)15(13(17)8-10)14(19)9-18-11-5-3-2-4-6-11/h7-8,11,14,18-19H,2-6,9H2,1H3. The molecule has 4 heteroatoms. The smallest absolute Gasteiger partial charge is 0.0943 e. The fraction of sp³-hybridized carbons (Fsp3) is 0.600. The zero-order chi connectivity index (χ0) is 13.8. The van der Waals surface area contributed by atoms with Crippen LogP contribution in [0.25, 0.3) is 0 Å². The Labute approximate surface area is 125 Å². The lowest BCUT2D eigenvalue weighted by Crippen LogP contribution is -2.34. The number of aryl methyl sites for hydroxylation is 1. The molecule has 1 aliphatic rings. The monoisotopic (exact) mass is 301 g/mol. The highest BCUT2D eigenvalue weighted by Gasteiger charge is 2.19. The van der Waals surface area contributed by atoms with Crippen molar-refractivity contribution in [3.05, 3.63) is 33.3 Å². The molecule has 0 spiro atoms. The molecule has 106 valence electrons. The van der Waals surface area contributed by atoms with Crippen LogP contribution in [0, 0.1) is 6.92 Å². The Morgan fingerprint density at radius 2 is 1.79 bits per heavy atom. The van der Waals surface area contributed by atoms with Crippen LogP contribution in [0.5, 0.6) is 0 Å². The number of rotatable bonds is 4. The van der Waals surface area contributed by atoms with Gasteiger partial charge in [0.25, 0.3) is 0 Å². The summed E-state index contributed by atoms with van der Waals surface area (Å²) in [6.45, 7) is 2.45. The SMILES string of the molecule is Cc1cc(Cl)c(C(O)CNC2CCCCC2)c(Cl)c1. The van der Waals surface area contributed by atoms with Crippen molar-refractivity contribution in [1.82, 2.24) is 5.32 Å². The summed E-state index contributed by atoms with van der Waals surface area (Å²) in [7, 11) is 0. The minimum absolute atomic E-state index is 0.507. The summed E-state index contributed by atoms with van der Waals surface area (Å²) in [4.78, 5) is 0. The minimum atomic E-state index is -0.650. The summed E-state index contributed by atoms with van der Waals surface area (Å²) in [6, 6.07) is 4.20. The molecule has 2 rings (SSSR count). The van der Waals surface area contributed by atoms with Crippen molar-refractivity contribution in [2.45, 2.75) is 51.2 Å². The van der Waals surface area contributed by atoms with Crippen LogP contribution in [0.4, 0.5) is 0 Å². The number of nitrogens with one attached hydrogen (secondary N) is 1. The lowest BCUT2D eigenvalue weighted by atomic mass is 9.95. The molecule has 1 unspecified atom stereocenters. The summed E-state index contributed by atoms with van der Waals surface area (Å²) in [6.07, 6.45) is 5.63. The Kier molecular flexibility index (Phi) is 5.52. The van der Waals surface area contributed by atoms with Crippen LogP contribution in [0.1, 0.15) is 49.3 Å². The summed E-state index contributed by atoms with van der Waals surface area (Å²) in [5.74, 6) is 0. The first kappa shape index (κ1) is 15.1. The average molecular weight is 302 g/mol. The van der Waals surface area contributed by atoms with Crippen LogP contribution in [0.15, 0.2) is 12.1 Å². The van der Waals surface area contributed by atoms with Crippen molar-refractivity contribution in [3.63, 3.8) is 0 Å². The second-order valence-corrected chi connectivity index (χ2v) is 6.22. The molecule has 0 aromatic heterocycles. The molecule has 1 aromatic carbocycles. The molecule has 1 saturated carbocycles. The van der Waals surface area contributed by atoms with Gasteiger partial charge in [-0.05, 0) is 37.5 Å². The number of hydrogen-bond donors (Lipinski definition) is 2. The third-order valence-corrected chi connectivity index (χ3v) is 4.39. The molecule has 1 fully saturated rings. The highest BCUT2D eigenvalue weighted by atomic mass is 35.5. The predicted octanol–water partition coefficient (Wildman–Crippen LogP) is 4.26. The van der Waals surface area contributed by atoms with E-state index in [0.29, 0.717) is 28.2 Å². The van der Waals surface area contributed by atoms with Crippen molar-refractivity contribution in [3.8, 4) is 0 Å². The lowest BCUT2D eigenvalue weighted by molar-refractivity contribution is 0.166. The van der Waals surface area contributed by atoms with Crippen LogP contribution in [0.3, 0.4) is 0 Å². The summed E-state index contributed by atoms with van der Waals surface area (Å²) in [5, 5.41) is 14.8. The van der Waals surface area contributed by atoms with Gasteiger partial charge in [-0.15, -0.1) is 0 Å². The number of benzene rings is 1. The van der Waals surface area contributed by atoms with Gasteiger partial charge in [0.2, 0.25) is 0 Å². The van der Waals surface area contributed by atoms with Gasteiger partial charge in [-0.1, -0.05) is 42.5 Å². The molecule has 1 atom stereocenters. The zero-order valence-corrected chi connectivity index (χ0v) is 12.8. The third-order valence-electron chi connectivity index (χ3n) is 3.76. The number of aliphatic hydroxyl groups excluding tert-OH is 1. The molecule has 0 saturated heterocycles. The van der Waals surface area contributed by atoms with E-state index in [1.807, 2.05) is 19.1 Å². The third kappa shape index (κ3) is 4.09. The molecule has 0 aliphatic heterocycles. The van der Waals surface area contributed by atoms with Crippen LogP contribution < -0.4 is 5.32 Å². The van der Waals surface area contributed by atoms with Crippen molar-refractivity contribution in [1.29, 1.82) is 0 Å². The van der Waals surface area contributed by atoms with E-state index >= 15 is 0 Å². The van der Waals surface area contributed by atoms with E-state index in [9.17, 15) is 5.11 Å². The van der Waals surface area contributed by atoms with Crippen molar-refractivity contribution in [2.75, 3.05) is 6.54 Å². The van der Waals surface area contributed by atoms with Gasteiger partial charge in [-0.25, -0.2) is 0 Å². The van der Waals surface area contributed by atoms with Gasteiger partial charge in [0, 0.05) is 28.2 Å². The maximum atomic E-state index is 10.3. The van der Waals surface area contributed by atoms with E-state index in [1.54, 1.807) is 0 Å². The Morgan fingerprint density at radius 1 is 1.21 bits per heavy atom. The van der Waals surface area contributed by atoms with Crippen LogP contribution >= 0.6 is 23.2 Å². The highest BCUT2D eigenvalue weighted by Crippen LogP contribution is 2.31.